The van der Waals surface area contributed by atoms with Crippen molar-refractivity contribution in [1.82, 2.24) is 0 Å². The van der Waals surface area contributed by atoms with E-state index in [1.54, 1.807) is 12.1 Å². The van der Waals surface area contributed by atoms with Crippen LogP contribution in [0.1, 0.15) is 10.4 Å². The Morgan fingerprint density at radius 2 is 1.94 bits per heavy atom. The van der Waals surface area contributed by atoms with Crippen molar-refractivity contribution in [2.45, 2.75) is 0 Å². The second-order valence-corrected chi connectivity index (χ2v) is 6.19. The molecule has 1 rings (SSSR count). The topological polar surface area (TPSA) is 80.7 Å². The highest BCUT2D eigenvalue weighted by molar-refractivity contribution is 8.70. The van der Waals surface area contributed by atoms with E-state index >= 15 is 0 Å². The number of hydrogen-bond donors (Lipinski definition) is 1. The summed E-state index contributed by atoms with van der Waals surface area (Å²) in [6.45, 7) is 0. The van der Waals surface area contributed by atoms with Crippen LogP contribution in [-0.4, -0.2) is 31.6 Å². The Morgan fingerprint density at radius 3 is 2.38 bits per heavy atom. The molecule has 1 aromatic rings. The summed E-state index contributed by atoms with van der Waals surface area (Å²) in [5.74, 6) is -0.0743. The van der Waals surface area contributed by atoms with Gasteiger partial charge in [0.15, 0.2) is 5.78 Å². The Kier molecular flexibility index (Phi) is 4.34. The van der Waals surface area contributed by atoms with Crippen molar-refractivity contribution in [1.29, 1.82) is 0 Å². The van der Waals surface area contributed by atoms with Gasteiger partial charge in [0, 0.05) is 16.4 Å². The molecule has 0 aliphatic rings. The van der Waals surface area contributed by atoms with E-state index in [2.05, 4.69) is 0 Å². The Labute approximate surface area is 97.0 Å². The lowest BCUT2D eigenvalue weighted by molar-refractivity contribution is 0.102. The number of ketones is 1. The van der Waals surface area contributed by atoms with Crippen LogP contribution < -0.4 is 4.74 Å². The van der Waals surface area contributed by atoms with Crippen LogP contribution in [-0.2, 0) is 9.15 Å². The standard InChI is InChI=1S/C9H10O5S2/c1-14-8-4-2-7(3-5-8)9(10)6-15-16(11,12)13/h2-5H,6H2,1H3,(H,11,12,13). The first kappa shape index (κ1) is 13.0. The predicted octanol–water partition coefficient (Wildman–Crippen LogP) is 1.41. The van der Waals surface area contributed by atoms with Gasteiger partial charge in [-0.15, -0.1) is 0 Å². The molecule has 0 spiro atoms. The number of methoxy groups -OCH3 is 1. The van der Waals surface area contributed by atoms with E-state index < -0.39 is 9.15 Å². The van der Waals surface area contributed by atoms with Gasteiger partial charge in [-0.05, 0) is 24.3 Å². The average Bonchev–Trinajstić information content (AvgIpc) is 2.25. The molecule has 0 fully saturated rings. The van der Waals surface area contributed by atoms with E-state index in [0.29, 0.717) is 11.3 Å². The summed E-state index contributed by atoms with van der Waals surface area (Å²) in [6.07, 6.45) is 0. The van der Waals surface area contributed by atoms with Gasteiger partial charge in [0.25, 0.3) is 0 Å². The van der Waals surface area contributed by atoms with Crippen LogP contribution in [0.25, 0.3) is 0 Å². The molecule has 0 aliphatic heterocycles. The number of carbonyl (C=O) groups excluding carboxylic acids is 1. The lowest BCUT2D eigenvalue weighted by atomic mass is 10.1. The zero-order chi connectivity index (χ0) is 12.2. The van der Waals surface area contributed by atoms with Crippen molar-refractivity contribution in [3.05, 3.63) is 29.8 Å². The van der Waals surface area contributed by atoms with Crippen molar-refractivity contribution in [3.63, 3.8) is 0 Å². The summed E-state index contributed by atoms with van der Waals surface area (Å²) in [7, 11) is -2.47. The highest BCUT2D eigenvalue weighted by Crippen LogP contribution is 2.15. The highest BCUT2D eigenvalue weighted by atomic mass is 33.1. The molecule has 0 aliphatic carbocycles. The Morgan fingerprint density at radius 1 is 1.38 bits per heavy atom. The van der Waals surface area contributed by atoms with Crippen molar-refractivity contribution < 1.29 is 22.5 Å². The van der Waals surface area contributed by atoms with Crippen molar-refractivity contribution in [2.75, 3.05) is 12.9 Å². The molecule has 1 aromatic carbocycles. The van der Waals surface area contributed by atoms with E-state index in [0.717, 1.165) is 0 Å². The quantitative estimate of drug-likeness (QED) is 0.491. The number of Topliss-reactive ketones (excluding diaryl/α,β-unsaturated/α-hetero) is 1. The molecule has 5 nitrogen and oxygen atoms in total. The summed E-state index contributed by atoms with van der Waals surface area (Å²) in [6, 6.07) is 6.27. The average molecular weight is 262 g/mol. The maximum absolute atomic E-state index is 11.5. The third-order valence-corrected chi connectivity index (χ3v) is 3.68. The highest BCUT2D eigenvalue weighted by Gasteiger charge is 2.12. The number of carbonyl (C=O) groups is 1. The molecule has 0 aromatic heterocycles. The van der Waals surface area contributed by atoms with Gasteiger partial charge in [0.2, 0.25) is 0 Å². The molecule has 0 heterocycles. The predicted molar refractivity (Wildman–Crippen MR) is 61.3 cm³/mol. The first-order valence-electron chi connectivity index (χ1n) is 4.21. The van der Waals surface area contributed by atoms with Crippen LogP contribution in [0.15, 0.2) is 24.3 Å². The Hall–Kier alpha value is -1.05. The van der Waals surface area contributed by atoms with Crippen LogP contribution in [0.3, 0.4) is 0 Å². The minimum atomic E-state index is -4.17. The van der Waals surface area contributed by atoms with E-state index in [1.165, 1.54) is 19.2 Å². The van der Waals surface area contributed by atoms with Gasteiger partial charge >= 0.3 is 9.15 Å². The van der Waals surface area contributed by atoms with E-state index in [4.69, 9.17) is 9.29 Å². The second kappa shape index (κ2) is 5.33. The lowest BCUT2D eigenvalue weighted by Gasteiger charge is -2.01. The minimum Gasteiger partial charge on any atom is -0.497 e. The van der Waals surface area contributed by atoms with Crippen LogP contribution in [0.5, 0.6) is 5.75 Å². The summed E-state index contributed by atoms with van der Waals surface area (Å²) >= 11 is 0. The third-order valence-electron chi connectivity index (χ3n) is 1.75. The zero-order valence-corrected chi connectivity index (χ0v) is 10.0. The molecule has 0 saturated carbocycles. The van der Waals surface area contributed by atoms with Gasteiger partial charge in [0.05, 0.1) is 12.9 Å². The molecular formula is C9H10O5S2. The monoisotopic (exact) mass is 262 g/mol. The maximum Gasteiger partial charge on any atom is 0.320 e. The van der Waals surface area contributed by atoms with E-state index in [-0.39, 0.29) is 22.3 Å². The number of ether oxygens (including phenoxy) is 1. The van der Waals surface area contributed by atoms with Gasteiger partial charge in [-0.25, -0.2) is 0 Å². The third kappa shape index (κ3) is 4.21. The SMILES string of the molecule is COc1ccc(C(=O)CSS(=O)(=O)O)cc1. The minimum absolute atomic E-state index is 0.193. The molecule has 0 radical (unpaired) electrons. The first-order chi connectivity index (χ1) is 7.42. The van der Waals surface area contributed by atoms with E-state index in [1.807, 2.05) is 0 Å². The molecule has 0 atom stereocenters. The molecular weight excluding hydrogens is 252 g/mol. The van der Waals surface area contributed by atoms with Gasteiger partial charge < -0.3 is 4.74 Å². The van der Waals surface area contributed by atoms with Crippen LogP contribution >= 0.6 is 10.8 Å². The fraction of sp³-hybridized carbons (Fsp3) is 0.222. The van der Waals surface area contributed by atoms with Crippen LogP contribution in [0.2, 0.25) is 0 Å². The molecule has 0 saturated heterocycles. The smallest absolute Gasteiger partial charge is 0.320 e. The van der Waals surface area contributed by atoms with Crippen LogP contribution in [0, 0.1) is 0 Å². The molecule has 0 bridgehead atoms. The number of benzene rings is 1. The normalized spacial score (nSPS) is 11.1. The summed E-state index contributed by atoms with van der Waals surface area (Å²) in [5, 5.41) is 0. The van der Waals surface area contributed by atoms with Crippen LogP contribution in [0.4, 0.5) is 0 Å². The van der Waals surface area contributed by atoms with Crippen molar-refractivity contribution in [2.24, 2.45) is 0 Å². The lowest BCUT2D eigenvalue weighted by Crippen LogP contribution is -2.05. The molecule has 0 amide bonds. The van der Waals surface area contributed by atoms with Crippen molar-refractivity contribution in [3.8, 4) is 5.75 Å². The van der Waals surface area contributed by atoms with Gasteiger partial charge in [-0.2, -0.15) is 8.42 Å². The van der Waals surface area contributed by atoms with Crippen molar-refractivity contribution >= 4 is 25.7 Å². The largest absolute Gasteiger partial charge is 0.497 e. The molecule has 0 unspecified atom stereocenters. The Balaban J connectivity index is 2.66. The molecule has 88 valence electrons. The number of hydrogen-bond acceptors (Lipinski definition) is 5. The van der Waals surface area contributed by atoms with Gasteiger partial charge in [0.1, 0.15) is 5.75 Å². The molecule has 1 N–H and O–H groups in total. The maximum atomic E-state index is 11.5. The second-order valence-electron chi connectivity index (χ2n) is 2.84. The summed E-state index contributed by atoms with van der Waals surface area (Å²) in [5.41, 5.74) is 0.372. The number of rotatable bonds is 5. The Bertz CT molecular complexity index is 463. The zero-order valence-electron chi connectivity index (χ0n) is 8.41. The first-order valence-corrected chi connectivity index (χ1v) is 7.16. The van der Waals surface area contributed by atoms with Gasteiger partial charge in [-0.1, -0.05) is 0 Å². The van der Waals surface area contributed by atoms with Gasteiger partial charge in [-0.3, -0.25) is 9.35 Å². The summed E-state index contributed by atoms with van der Waals surface area (Å²) in [4.78, 5) is 11.5. The molecule has 16 heavy (non-hydrogen) atoms. The molecule has 7 heteroatoms. The van der Waals surface area contributed by atoms with E-state index in [9.17, 15) is 13.2 Å². The fourth-order valence-electron chi connectivity index (χ4n) is 0.988. The summed E-state index contributed by atoms with van der Waals surface area (Å²) < 4.78 is 34.2. The fourth-order valence-corrected chi connectivity index (χ4v) is 2.18.